The maximum atomic E-state index is 13.7. The third-order valence-corrected chi connectivity index (χ3v) is 2.83. The Labute approximate surface area is 122 Å². The predicted octanol–water partition coefficient (Wildman–Crippen LogP) is 3.88. The van der Waals surface area contributed by atoms with Gasteiger partial charge in [0.25, 0.3) is 0 Å². The molecule has 21 heavy (non-hydrogen) atoms. The summed E-state index contributed by atoms with van der Waals surface area (Å²) in [6.45, 7) is 0. The molecular weight excluding hydrogens is 305 g/mol. The van der Waals surface area contributed by atoms with Crippen LogP contribution in [0.2, 0.25) is 5.02 Å². The van der Waals surface area contributed by atoms with Gasteiger partial charge in [-0.3, -0.25) is 10.1 Å². The van der Waals surface area contributed by atoms with Crippen LogP contribution in [0.5, 0.6) is 11.5 Å². The number of hydrogen-bond donors (Lipinski definition) is 1. The largest absolute Gasteiger partial charge is 0.478 e. The van der Waals surface area contributed by atoms with Gasteiger partial charge in [-0.2, -0.15) is 0 Å². The molecule has 2 aromatic rings. The molecule has 0 unspecified atom stereocenters. The van der Waals surface area contributed by atoms with Crippen LogP contribution in [-0.4, -0.2) is 16.0 Å². The van der Waals surface area contributed by atoms with Gasteiger partial charge < -0.3 is 9.84 Å². The van der Waals surface area contributed by atoms with Crippen LogP contribution in [0.25, 0.3) is 0 Å². The Kier molecular flexibility index (Phi) is 4.04. The molecule has 0 aliphatic rings. The van der Waals surface area contributed by atoms with Crippen LogP contribution < -0.4 is 4.74 Å². The van der Waals surface area contributed by atoms with Crippen LogP contribution in [0.15, 0.2) is 36.4 Å². The Bertz CT molecular complexity index is 734. The van der Waals surface area contributed by atoms with Crippen molar-refractivity contribution in [2.24, 2.45) is 0 Å². The van der Waals surface area contributed by atoms with Gasteiger partial charge in [-0.15, -0.1) is 0 Å². The van der Waals surface area contributed by atoms with Gasteiger partial charge in [0.2, 0.25) is 5.75 Å². The second-order valence-corrected chi connectivity index (χ2v) is 4.31. The van der Waals surface area contributed by atoms with Gasteiger partial charge in [0.15, 0.2) is 11.6 Å². The molecule has 0 radical (unpaired) electrons. The number of nitrogens with zero attached hydrogens (tertiary/aromatic N) is 1. The molecule has 0 bridgehead atoms. The molecule has 6 nitrogen and oxygen atoms in total. The summed E-state index contributed by atoms with van der Waals surface area (Å²) in [7, 11) is 0. The SMILES string of the molecule is O=C(O)c1ccc([N+](=O)[O-])c(Oc2cccc(Cl)c2F)c1. The molecule has 0 saturated heterocycles. The van der Waals surface area contributed by atoms with Gasteiger partial charge >= 0.3 is 11.7 Å². The van der Waals surface area contributed by atoms with E-state index >= 15 is 0 Å². The monoisotopic (exact) mass is 311 g/mol. The van der Waals surface area contributed by atoms with Crippen molar-refractivity contribution in [2.75, 3.05) is 0 Å². The van der Waals surface area contributed by atoms with E-state index < -0.39 is 22.4 Å². The molecule has 0 aromatic heterocycles. The molecule has 0 atom stereocenters. The highest BCUT2D eigenvalue weighted by Gasteiger charge is 2.20. The first-order valence-corrected chi connectivity index (χ1v) is 5.91. The van der Waals surface area contributed by atoms with Gasteiger partial charge in [0.05, 0.1) is 15.5 Å². The molecule has 0 fully saturated rings. The van der Waals surface area contributed by atoms with Gasteiger partial charge in [-0.25, -0.2) is 9.18 Å². The molecule has 0 amide bonds. The van der Waals surface area contributed by atoms with Gasteiger partial charge in [0, 0.05) is 12.1 Å². The Morgan fingerprint density at radius 1 is 1.29 bits per heavy atom. The third kappa shape index (κ3) is 3.09. The second kappa shape index (κ2) is 5.76. The summed E-state index contributed by atoms with van der Waals surface area (Å²) >= 11 is 5.58. The van der Waals surface area contributed by atoms with E-state index in [4.69, 9.17) is 21.4 Å². The maximum Gasteiger partial charge on any atom is 0.335 e. The number of carbonyl (C=O) groups is 1. The summed E-state index contributed by atoms with van der Waals surface area (Å²) in [5.74, 6) is -2.91. The van der Waals surface area contributed by atoms with Crippen molar-refractivity contribution in [3.63, 3.8) is 0 Å². The highest BCUT2D eigenvalue weighted by atomic mass is 35.5. The van der Waals surface area contributed by atoms with E-state index in [0.717, 1.165) is 18.2 Å². The van der Waals surface area contributed by atoms with E-state index in [2.05, 4.69) is 0 Å². The molecule has 0 spiro atoms. The first-order valence-electron chi connectivity index (χ1n) is 5.53. The lowest BCUT2D eigenvalue weighted by molar-refractivity contribution is -0.385. The maximum absolute atomic E-state index is 13.7. The lowest BCUT2D eigenvalue weighted by Crippen LogP contribution is -2.00. The molecule has 0 aliphatic carbocycles. The number of aromatic carboxylic acids is 1. The number of rotatable bonds is 4. The van der Waals surface area contributed by atoms with Crippen molar-refractivity contribution < 1.29 is 24.0 Å². The fourth-order valence-corrected chi connectivity index (χ4v) is 1.73. The quantitative estimate of drug-likeness (QED) is 0.683. The van der Waals surface area contributed by atoms with Gasteiger partial charge in [-0.1, -0.05) is 17.7 Å². The Morgan fingerprint density at radius 3 is 2.62 bits per heavy atom. The van der Waals surface area contributed by atoms with Crippen molar-refractivity contribution >= 4 is 23.3 Å². The van der Waals surface area contributed by atoms with E-state index in [9.17, 15) is 19.3 Å². The van der Waals surface area contributed by atoms with E-state index in [1.54, 1.807) is 0 Å². The van der Waals surface area contributed by atoms with Crippen molar-refractivity contribution in [1.29, 1.82) is 0 Å². The Balaban J connectivity index is 2.51. The van der Waals surface area contributed by atoms with Crippen molar-refractivity contribution in [1.82, 2.24) is 0 Å². The second-order valence-electron chi connectivity index (χ2n) is 3.90. The molecular formula is C13H7ClFNO5. The summed E-state index contributed by atoms with van der Waals surface area (Å²) in [6.07, 6.45) is 0. The number of carboxylic acids is 1. The summed E-state index contributed by atoms with van der Waals surface area (Å²) in [6, 6.07) is 6.88. The topological polar surface area (TPSA) is 89.7 Å². The third-order valence-electron chi connectivity index (χ3n) is 2.54. The van der Waals surface area contributed by atoms with E-state index in [1.807, 2.05) is 0 Å². The number of nitro groups is 1. The predicted molar refractivity (Wildman–Crippen MR) is 71.5 cm³/mol. The number of ether oxygens (including phenoxy) is 1. The minimum atomic E-state index is -1.29. The van der Waals surface area contributed by atoms with Crippen LogP contribution >= 0.6 is 11.6 Å². The minimum Gasteiger partial charge on any atom is -0.478 e. The highest BCUT2D eigenvalue weighted by Crippen LogP contribution is 2.35. The van der Waals surface area contributed by atoms with Gasteiger partial charge in [0.1, 0.15) is 0 Å². The Hall–Kier alpha value is -2.67. The summed E-state index contributed by atoms with van der Waals surface area (Å²) < 4.78 is 18.8. The molecule has 2 rings (SSSR count). The number of hydrogen-bond acceptors (Lipinski definition) is 4. The van der Waals surface area contributed by atoms with E-state index in [1.165, 1.54) is 18.2 Å². The van der Waals surface area contributed by atoms with Gasteiger partial charge in [-0.05, 0) is 18.2 Å². The number of nitro benzene ring substituents is 1. The fraction of sp³-hybridized carbons (Fsp3) is 0. The average molecular weight is 312 g/mol. The van der Waals surface area contributed by atoms with Crippen LogP contribution in [0.3, 0.4) is 0 Å². The first kappa shape index (κ1) is 14.7. The molecule has 1 N–H and O–H groups in total. The summed E-state index contributed by atoms with van der Waals surface area (Å²) in [4.78, 5) is 21.0. The number of carboxylic acid groups (broad SMARTS) is 1. The zero-order valence-electron chi connectivity index (χ0n) is 10.2. The standard InChI is InChI=1S/C13H7ClFNO5/c14-8-2-1-3-10(12(8)15)21-11-6-7(13(17)18)4-5-9(11)16(19)20/h1-6H,(H,17,18). The minimum absolute atomic E-state index is 0.218. The average Bonchev–Trinajstić information content (AvgIpc) is 2.43. The normalized spacial score (nSPS) is 10.2. The van der Waals surface area contributed by atoms with Crippen LogP contribution in [0.1, 0.15) is 10.4 Å². The zero-order chi connectivity index (χ0) is 15.6. The molecule has 8 heteroatoms. The highest BCUT2D eigenvalue weighted by molar-refractivity contribution is 6.30. The summed E-state index contributed by atoms with van der Waals surface area (Å²) in [5, 5.41) is 19.6. The number of benzene rings is 2. The van der Waals surface area contributed by atoms with Crippen LogP contribution in [0.4, 0.5) is 10.1 Å². The van der Waals surface area contributed by atoms with Crippen molar-refractivity contribution in [2.45, 2.75) is 0 Å². The summed E-state index contributed by atoms with van der Waals surface area (Å²) in [5.41, 5.74) is -0.711. The molecule has 0 aliphatic heterocycles. The van der Waals surface area contributed by atoms with Crippen molar-refractivity contribution in [3.05, 3.63) is 62.9 Å². The molecule has 0 saturated carbocycles. The van der Waals surface area contributed by atoms with Crippen LogP contribution in [0, 0.1) is 15.9 Å². The van der Waals surface area contributed by atoms with E-state index in [0.29, 0.717) is 0 Å². The molecule has 108 valence electrons. The smallest absolute Gasteiger partial charge is 0.335 e. The lowest BCUT2D eigenvalue weighted by Gasteiger charge is -2.08. The fourth-order valence-electron chi connectivity index (χ4n) is 1.56. The zero-order valence-corrected chi connectivity index (χ0v) is 11.0. The first-order chi connectivity index (χ1) is 9.90. The van der Waals surface area contributed by atoms with E-state index in [-0.39, 0.29) is 22.1 Å². The lowest BCUT2D eigenvalue weighted by atomic mass is 10.2. The Morgan fingerprint density at radius 2 is 2.00 bits per heavy atom. The van der Waals surface area contributed by atoms with Crippen molar-refractivity contribution in [3.8, 4) is 11.5 Å². The number of halogens is 2. The van der Waals surface area contributed by atoms with Crippen LogP contribution in [-0.2, 0) is 0 Å². The molecule has 2 aromatic carbocycles. The molecule has 0 heterocycles.